The van der Waals surface area contributed by atoms with E-state index in [1.807, 2.05) is 11.5 Å². The van der Waals surface area contributed by atoms with Gasteiger partial charge in [0.05, 0.1) is 11.9 Å². The van der Waals surface area contributed by atoms with Gasteiger partial charge in [0.2, 0.25) is 0 Å². The lowest BCUT2D eigenvalue weighted by Gasteiger charge is -2.16. The number of aromatic nitrogens is 3. The number of hydrogen-bond donors (Lipinski definition) is 0. The Morgan fingerprint density at radius 3 is 2.64 bits per heavy atom. The Balaban J connectivity index is 2.15. The number of imidazole rings is 1. The second kappa shape index (κ2) is 7.18. The summed E-state index contributed by atoms with van der Waals surface area (Å²) >= 11 is 2.20. The molecule has 7 heteroatoms. The lowest BCUT2D eigenvalue weighted by atomic mass is 10.3. The third kappa shape index (κ3) is 4.59. The molecule has 0 fully saturated rings. The van der Waals surface area contributed by atoms with Gasteiger partial charge >= 0.3 is 0 Å². The smallest absolute Gasteiger partial charge is 0.162 e. The predicted octanol–water partition coefficient (Wildman–Crippen LogP) is 4.31. The van der Waals surface area contributed by atoms with E-state index in [9.17, 15) is 4.39 Å². The minimum atomic E-state index is -1.09. The van der Waals surface area contributed by atoms with E-state index in [0.717, 1.165) is 27.9 Å². The highest BCUT2D eigenvalue weighted by Crippen LogP contribution is 2.22. The van der Waals surface area contributed by atoms with Crippen LogP contribution < -0.4 is 0 Å². The van der Waals surface area contributed by atoms with E-state index in [0.29, 0.717) is 12.4 Å². The molecule has 0 bridgehead atoms. The van der Waals surface area contributed by atoms with Gasteiger partial charge in [0.25, 0.3) is 0 Å². The number of nitrogens with zero attached hydrogens (tertiary/aromatic N) is 3. The zero-order chi connectivity index (χ0) is 16.3. The first kappa shape index (κ1) is 17.5. The van der Waals surface area contributed by atoms with Crippen molar-refractivity contribution < 1.29 is 9.13 Å². The summed E-state index contributed by atoms with van der Waals surface area (Å²) in [6, 6.07) is 4.17. The van der Waals surface area contributed by atoms with Crippen LogP contribution >= 0.6 is 22.6 Å². The highest BCUT2D eigenvalue weighted by Gasteiger charge is 2.16. The standard InChI is InChI=1S/C15H21FIN3OSi/c1-11-14(17)19-15(13-6-5-12(16)9-18-13)20(11)10-21-7-8-22(2,3)4/h5-6,9H,7-8,10H2,1-4H3. The van der Waals surface area contributed by atoms with Crippen LogP contribution in [-0.4, -0.2) is 29.2 Å². The molecule has 2 aromatic heterocycles. The summed E-state index contributed by atoms with van der Waals surface area (Å²) in [5, 5.41) is 0. The Labute approximate surface area is 145 Å². The van der Waals surface area contributed by atoms with Gasteiger partial charge in [-0.15, -0.1) is 0 Å². The largest absolute Gasteiger partial charge is 0.361 e. The van der Waals surface area contributed by atoms with E-state index in [2.05, 4.69) is 52.2 Å². The highest BCUT2D eigenvalue weighted by atomic mass is 127. The molecule has 0 atom stereocenters. The highest BCUT2D eigenvalue weighted by molar-refractivity contribution is 14.1. The molecule has 0 unspecified atom stereocenters. The van der Waals surface area contributed by atoms with Gasteiger partial charge in [0.1, 0.15) is 21.9 Å². The van der Waals surface area contributed by atoms with E-state index < -0.39 is 8.07 Å². The zero-order valence-electron chi connectivity index (χ0n) is 13.4. The van der Waals surface area contributed by atoms with Gasteiger partial charge in [0, 0.05) is 14.7 Å². The summed E-state index contributed by atoms with van der Waals surface area (Å²) in [7, 11) is -1.09. The van der Waals surface area contributed by atoms with Crippen molar-refractivity contribution >= 4 is 30.7 Å². The topological polar surface area (TPSA) is 39.9 Å². The molecular formula is C15H21FIN3OSi. The van der Waals surface area contributed by atoms with Crippen LogP contribution in [0.25, 0.3) is 11.5 Å². The summed E-state index contributed by atoms with van der Waals surface area (Å²) in [5.41, 5.74) is 1.69. The molecule has 22 heavy (non-hydrogen) atoms. The lowest BCUT2D eigenvalue weighted by molar-refractivity contribution is 0.0869. The van der Waals surface area contributed by atoms with E-state index >= 15 is 0 Å². The van der Waals surface area contributed by atoms with Crippen LogP contribution in [0.2, 0.25) is 25.7 Å². The summed E-state index contributed by atoms with van der Waals surface area (Å²) < 4.78 is 21.8. The SMILES string of the molecule is Cc1c(I)nc(-c2ccc(F)cn2)n1COCC[Si](C)(C)C. The zero-order valence-corrected chi connectivity index (χ0v) is 16.5. The fraction of sp³-hybridized carbons (Fsp3) is 0.467. The van der Waals surface area contributed by atoms with Crippen molar-refractivity contribution in [1.29, 1.82) is 0 Å². The minimum absolute atomic E-state index is 0.348. The van der Waals surface area contributed by atoms with Gasteiger partial charge in [-0.25, -0.2) is 14.4 Å². The van der Waals surface area contributed by atoms with E-state index in [1.54, 1.807) is 6.07 Å². The Morgan fingerprint density at radius 2 is 2.05 bits per heavy atom. The molecule has 0 aromatic carbocycles. The van der Waals surface area contributed by atoms with Crippen molar-refractivity contribution in [1.82, 2.24) is 14.5 Å². The van der Waals surface area contributed by atoms with Gasteiger partial charge in [0.15, 0.2) is 5.82 Å². The molecule has 0 aliphatic rings. The predicted molar refractivity (Wildman–Crippen MR) is 97.0 cm³/mol. The molecule has 2 heterocycles. The van der Waals surface area contributed by atoms with Gasteiger partial charge in [-0.1, -0.05) is 19.6 Å². The van der Waals surface area contributed by atoms with Crippen molar-refractivity contribution in [3.05, 3.63) is 33.5 Å². The third-order valence-corrected chi connectivity index (χ3v) is 6.06. The van der Waals surface area contributed by atoms with Crippen molar-refractivity contribution in [2.24, 2.45) is 0 Å². The average molecular weight is 433 g/mol. The van der Waals surface area contributed by atoms with Gasteiger partial charge < -0.3 is 9.30 Å². The van der Waals surface area contributed by atoms with E-state index in [-0.39, 0.29) is 5.82 Å². The first-order valence-electron chi connectivity index (χ1n) is 7.20. The quantitative estimate of drug-likeness (QED) is 0.387. The molecule has 2 aromatic rings. The molecule has 0 saturated carbocycles. The molecule has 0 amide bonds. The fourth-order valence-electron chi connectivity index (χ4n) is 1.90. The molecular weight excluding hydrogens is 412 g/mol. The normalized spacial score (nSPS) is 11.9. The number of pyridine rings is 1. The lowest BCUT2D eigenvalue weighted by Crippen LogP contribution is -2.22. The number of ether oxygens (including phenoxy) is 1. The summed E-state index contributed by atoms with van der Waals surface area (Å²) in [6.07, 6.45) is 1.21. The summed E-state index contributed by atoms with van der Waals surface area (Å²) in [5.74, 6) is 0.370. The maximum atomic E-state index is 13.0. The molecule has 0 spiro atoms. The molecule has 120 valence electrons. The molecule has 4 nitrogen and oxygen atoms in total. The van der Waals surface area contributed by atoms with E-state index in [1.165, 1.54) is 12.3 Å². The van der Waals surface area contributed by atoms with Crippen molar-refractivity contribution in [2.75, 3.05) is 6.61 Å². The Hall–Kier alpha value is -0.803. The van der Waals surface area contributed by atoms with Crippen LogP contribution in [0.3, 0.4) is 0 Å². The maximum absolute atomic E-state index is 13.0. The summed E-state index contributed by atoms with van der Waals surface area (Å²) in [4.78, 5) is 8.65. The minimum Gasteiger partial charge on any atom is -0.361 e. The van der Waals surface area contributed by atoms with Crippen molar-refractivity contribution in [2.45, 2.75) is 39.3 Å². The summed E-state index contributed by atoms with van der Waals surface area (Å²) in [6.45, 7) is 10.2. The second-order valence-corrected chi connectivity index (χ2v) is 13.1. The molecule has 2 rings (SSSR count). The van der Waals surface area contributed by atoms with Gasteiger partial charge in [-0.3, -0.25) is 0 Å². The molecule has 0 saturated heterocycles. The van der Waals surface area contributed by atoms with Crippen LogP contribution in [0.4, 0.5) is 4.39 Å². The Morgan fingerprint density at radius 1 is 1.32 bits per heavy atom. The van der Waals surface area contributed by atoms with Crippen molar-refractivity contribution in [3.8, 4) is 11.5 Å². The number of rotatable bonds is 6. The number of halogens is 2. The van der Waals surface area contributed by atoms with Crippen LogP contribution in [0.1, 0.15) is 5.69 Å². The molecule has 0 N–H and O–H groups in total. The fourth-order valence-corrected chi connectivity index (χ4v) is 3.18. The first-order valence-corrected chi connectivity index (χ1v) is 12.0. The Kier molecular flexibility index (Phi) is 5.73. The average Bonchev–Trinajstić information content (AvgIpc) is 2.71. The van der Waals surface area contributed by atoms with Crippen LogP contribution in [0.15, 0.2) is 18.3 Å². The maximum Gasteiger partial charge on any atom is 0.162 e. The second-order valence-electron chi connectivity index (χ2n) is 6.45. The molecule has 0 aliphatic heterocycles. The number of hydrogen-bond acceptors (Lipinski definition) is 3. The molecule has 0 radical (unpaired) electrons. The molecule has 0 aliphatic carbocycles. The third-order valence-electron chi connectivity index (χ3n) is 3.34. The van der Waals surface area contributed by atoms with Crippen LogP contribution in [0.5, 0.6) is 0 Å². The van der Waals surface area contributed by atoms with Crippen LogP contribution in [-0.2, 0) is 11.5 Å². The van der Waals surface area contributed by atoms with Crippen LogP contribution in [0, 0.1) is 16.4 Å². The van der Waals surface area contributed by atoms with Crippen molar-refractivity contribution in [3.63, 3.8) is 0 Å². The van der Waals surface area contributed by atoms with E-state index in [4.69, 9.17) is 4.74 Å². The van der Waals surface area contributed by atoms with Gasteiger partial charge in [-0.2, -0.15) is 0 Å². The Bertz CT molecular complexity index is 637. The monoisotopic (exact) mass is 433 g/mol. The first-order chi connectivity index (χ1) is 10.3. The van der Waals surface area contributed by atoms with Gasteiger partial charge in [-0.05, 0) is 47.7 Å².